The molecule has 8 heteroatoms. The van der Waals surface area contributed by atoms with Gasteiger partial charge in [0.2, 0.25) is 0 Å². The molecule has 0 fully saturated rings. The number of amides is 1. The first-order valence-corrected chi connectivity index (χ1v) is 13.5. The van der Waals surface area contributed by atoms with Crippen molar-refractivity contribution in [2.45, 2.75) is 32.1 Å². The lowest BCUT2D eigenvalue weighted by Gasteiger charge is -2.24. The number of rotatable bonds is 7. The van der Waals surface area contributed by atoms with Gasteiger partial charge in [-0.15, -0.1) is 11.3 Å². The van der Waals surface area contributed by atoms with Crippen LogP contribution in [0.2, 0.25) is 5.02 Å². The van der Waals surface area contributed by atoms with Gasteiger partial charge in [0.25, 0.3) is 15.9 Å². The van der Waals surface area contributed by atoms with E-state index in [0.29, 0.717) is 34.2 Å². The lowest BCUT2D eigenvalue weighted by molar-refractivity contribution is 0.103. The molecule has 0 saturated heterocycles. The number of hydrogen-bond acceptors (Lipinski definition) is 4. The third kappa shape index (κ3) is 4.97. The van der Waals surface area contributed by atoms with Crippen molar-refractivity contribution in [1.82, 2.24) is 0 Å². The maximum absolute atomic E-state index is 13.4. The summed E-state index contributed by atoms with van der Waals surface area (Å²) in [5.74, 6) is -0.217. The maximum atomic E-state index is 13.4. The van der Waals surface area contributed by atoms with Gasteiger partial charge in [-0.2, -0.15) is 0 Å². The molecule has 176 valence electrons. The largest absolute Gasteiger partial charge is 0.321 e. The second kappa shape index (κ2) is 9.78. The van der Waals surface area contributed by atoms with Crippen LogP contribution in [0.25, 0.3) is 10.1 Å². The van der Waals surface area contributed by atoms with Crippen LogP contribution in [0.1, 0.15) is 34.1 Å². The molecule has 0 aliphatic carbocycles. The summed E-state index contributed by atoms with van der Waals surface area (Å²) in [4.78, 5) is 13.7. The molecular weight excluding hydrogens is 488 g/mol. The minimum absolute atomic E-state index is 0.217. The van der Waals surface area contributed by atoms with Crippen molar-refractivity contribution in [3.63, 3.8) is 0 Å². The third-order valence-electron chi connectivity index (χ3n) is 5.48. The summed E-state index contributed by atoms with van der Waals surface area (Å²) in [6, 6.07) is 19.5. The summed E-state index contributed by atoms with van der Waals surface area (Å²) in [6.45, 7) is 6.11. The number of carbonyl (C=O) groups excluding carboxylic acids is 1. The van der Waals surface area contributed by atoms with E-state index in [1.54, 1.807) is 54.6 Å². The highest BCUT2D eigenvalue weighted by Gasteiger charge is 2.25. The van der Waals surface area contributed by atoms with Crippen LogP contribution in [-0.4, -0.2) is 20.9 Å². The zero-order valence-corrected chi connectivity index (χ0v) is 21.5. The Morgan fingerprint density at radius 3 is 2.41 bits per heavy atom. The molecular formula is C26H25ClN2O3S2. The fraction of sp³-hybridized carbons (Fsp3) is 0.192. The number of fused-ring (bicyclic) bond motifs is 1. The van der Waals surface area contributed by atoms with Crippen molar-refractivity contribution in [1.29, 1.82) is 0 Å². The summed E-state index contributed by atoms with van der Waals surface area (Å²) in [6.07, 6.45) is 0.668. The zero-order chi connectivity index (χ0) is 24.5. The molecule has 0 bridgehead atoms. The Bertz CT molecular complexity index is 1460. The van der Waals surface area contributed by atoms with E-state index < -0.39 is 10.0 Å². The second-order valence-corrected chi connectivity index (χ2v) is 11.5. The molecule has 1 N–H and O–H groups in total. The number of thiophene rings is 1. The predicted molar refractivity (Wildman–Crippen MR) is 142 cm³/mol. The number of hydrogen-bond donors (Lipinski definition) is 1. The molecule has 4 aromatic rings. The number of aryl methyl sites for hydroxylation is 2. The van der Waals surface area contributed by atoms with E-state index >= 15 is 0 Å². The van der Waals surface area contributed by atoms with Gasteiger partial charge in [-0.1, -0.05) is 36.2 Å². The Morgan fingerprint density at radius 1 is 1.00 bits per heavy atom. The van der Waals surface area contributed by atoms with Crippen molar-refractivity contribution in [3.8, 4) is 0 Å². The quantitative estimate of drug-likeness (QED) is 0.289. The van der Waals surface area contributed by atoms with Crippen LogP contribution < -0.4 is 9.62 Å². The second-order valence-electron chi connectivity index (χ2n) is 8.14. The lowest BCUT2D eigenvalue weighted by Crippen LogP contribution is -2.31. The van der Waals surface area contributed by atoms with Gasteiger partial charge in [-0.25, -0.2) is 8.42 Å². The molecule has 1 aromatic heterocycles. The lowest BCUT2D eigenvalue weighted by atomic mass is 10.2. The Balaban J connectivity index is 1.65. The van der Waals surface area contributed by atoms with Crippen molar-refractivity contribution in [2.24, 2.45) is 0 Å². The number of sulfonamides is 1. The predicted octanol–water partition coefficient (Wildman–Crippen LogP) is 7.03. The van der Waals surface area contributed by atoms with Gasteiger partial charge in [-0.3, -0.25) is 9.10 Å². The van der Waals surface area contributed by atoms with E-state index in [1.165, 1.54) is 15.6 Å². The van der Waals surface area contributed by atoms with Crippen molar-refractivity contribution in [3.05, 3.63) is 87.8 Å². The van der Waals surface area contributed by atoms with Gasteiger partial charge in [0.15, 0.2) is 0 Å². The average molecular weight is 513 g/mol. The number of nitrogens with one attached hydrogen (secondary N) is 1. The van der Waals surface area contributed by atoms with Crippen LogP contribution in [0.5, 0.6) is 0 Å². The first kappa shape index (κ1) is 24.3. The SMILES string of the molecule is CCCN(c1ccc2sc(C(=O)Nc3ccc(Cl)cc3C)cc2c1)S(=O)(=O)c1ccc(C)cc1. The molecule has 3 aromatic carbocycles. The van der Waals surface area contributed by atoms with Crippen molar-refractivity contribution >= 4 is 60.3 Å². The van der Waals surface area contributed by atoms with E-state index in [0.717, 1.165) is 21.2 Å². The average Bonchev–Trinajstić information content (AvgIpc) is 3.23. The standard InChI is InChI=1S/C26H25ClN2O3S2/c1-4-13-29(34(31,32)22-9-5-17(2)6-10-22)21-8-12-24-19(15-21)16-25(33-24)26(30)28-23-11-7-20(27)14-18(23)3/h5-12,14-16H,4,13H2,1-3H3,(H,28,30). The molecule has 0 spiro atoms. The van der Waals surface area contributed by atoms with Crippen LogP contribution in [0.4, 0.5) is 11.4 Å². The van der Waals surface area contributed by atoms with Gasteiger partial charge in [0.05, 0.1) is 15.5 Å². The minimum Gasteiger partial charge on any atom is -0.321 e. The molecule has 0 aliphatic rings. The number of anilines is 2. The molecule has 5 nitrogen and oxygen atoms in total. The summed E-state index contributed by atoms with van der Waals surface area (Å²) >= 11 is 7.37. The van der Waals surface area contributed by atoms with Crippen LogP contribution in [-0.2, 0) is 10.0 Å². The van der Waals surface area contributed by atoms with E-state index in [1.807, 2.05) is 32.9 Å². The van der Waals surface area contributed by atoms with Gasteiger partial charge >= 0.3 is 0 Å². The maximum Gasteiger partial charge on any atom is 0.265 e. The topological polar surface area (TPSA) is 66.5 Å². The highest BCUT2D eigenvalue weighted by Crippen LogP contribution is 2.33. The molecule has 0 radical (unpaired) electrons. The fourth-order valence-corrected chi connectivity index (χ4v) is 6.39. The smallest absolute Gasteiger partial charge is 0.265 e. The fourth-order valence-electron chi connectivity index (χ4n) is 3.68. The molecule has 1 amide bonds. The van der Waals surface area contributed by atoms with Crippen LogP contribution in [0.15, 0.2) is 71.6 Å². The first-order chi connectivity index (χ1) is 16.2. The number of carbonyl (C=O) groups is 1. The Morgan fingerprint density at radius 2 is 1.74 bits per heavy atom. The van der Waals surface area contributed by atoms with Crippen molar-refractivity contribution in [2.75, 3.05) is 16.2 Å². The summed E-state index contributed by atoms with van der Waals surface area (Å²) in [5.41, 5.74) is 3.15. The number of benzene rings is 3. The number of halogens is 1. The Labute approximate surface area is 209 Å². The molecule has 0 unspecified atom stereocenters. The van der Waals surface area contributed by atoms with Gasteiger partial charge < -0.3 is 5.32 Å². The molecule has 0 saturated carbocycles. The van der Waals surface area contributed by atoms with E-state index in [4.69, 9.17) is 11.6 Å². The van der Waals surface area contributed by atoms with Gasteiger partial charge in [0.1, 0.15) is 0 Å². The highest BCUT2D eigenvalue weighted by atomic mass is 35.5. The van der Waals surface area contributed by atoms with Gasteiger partial charge in [-0.05, 0) is 85.8 Å². The number of nitrogens with zero attached hydrogens (tertiary/aromatic N) is 1. The van der Waals surface area contributed by atoms with Crippen LogP contribution in [0, 0.1) is 13.8 Å². The molecule has 0 atom stereocenters. The molecule has 34 heavy (non-hydrogen) atoms. The summed E-state index contributed by atoms with van der Waals surface area (Å²) in [7, 11) is -3.71. The summed E-state index contributed by atoms with van der Waals surface area (Å²) < 4.78 is 29.1. The molecule has 1 heterocycles. The molecule has 0 aliphatic heterocycles. The summed E-state index contributed by atoms with van der Waals surface area (Å²) in [5, 5.41) is 4.36. The highest BCUT2D eigenvalue weighted by molar-refractivity contribution is 7.92. The van der Waals surface area contributed by atoms with Crippen molar-refractivity contribution < 1.29 is 13.2 Å². The monoisotopic (exact) mass is 512 g/mol. The minimum atomic E-state index is -3.71. The molecule has 4 rings (SSSR count). The Kier molecular flexibility index (Phi) is 6.98. The van der Waals surface area contributed by atoms with Crippen LogP contribution >= 0.6 is 22.9 Å². The third-order valence-corrected chi connectivity index (χ3v) is 8.68. The van der Waals surface area contributed by atoms with E-state index in [2.05, 4.69) is 5.32 Å². The first-order valence-electron chi connectivity index (χ1n) is 10.9. The van der Waals surface area contributed by atoms with Gasteiger partial charge in [0, 0.05) is 22.0 Å². The normalized spacial score (nSPS) is 11.5. The van der Waals surface area contributed by atoms with E-state index in [-0.39, 0.29) is 10.8 Å². The Hall–Kier alpha value is -2.87. The van der Waals surface area contributed by atoms with Crippen LogP contribution in [0.3, 0.4) is 0 Å². The zero-order valence-electron chi connectivity index (χ0n) is 19.1. The van der Waals surface area contributed by atoms with E-state index in [9.17, 15) is 13.2 Å².